The Morgan fingerprint density at radius 2 is 1.94 bits per heavy atom. The molecular formula is C14H22O3Si. The molecule has 0 heterocycles. The average molecular weight is 266 g/mol. The van der Waals surface area contributed by atoms with Crippen molar-refractivity contribution in [3.8, 4) is 5.75 Å². The Labute approximate surface area is 110 Å². The number of benzene rings is 1. The molecule has 4 heteroatoms. The molecule has 1 aromatic rings. The van der Waals surface area contributed by atoms with Crippen molar-refractivity contribution in [2.45, 2.75) is 45.3 Å². The minimum atomic E-state index is -2.05. The molecule has 0 spiro atoms. The standard InChI is InChI=1S/C14H22O3Si/c1-14(2,3)18(4,5)17-13(16)10-11-7-6-8-12(15)9-11/h6-9,15H,10H2,1-5H3. The molecule has 0 unspecified atom stereocenters. The Morgan fingerprint density at radius 1 is 1.33 bits per heavy atom. The summed E-state index contributed by atoms with van der Waals surface area (Å²) in [6.07, 6.45) is 0.209. The maximum absolute atomic E-state index is 11.9. The molecule has 0 bridgehead atoms. The van der Waals surface area contributed by atoms with Crippen LogP contribution in [0.25, 0.3) is 0 Å². The molecule has 0 aliphatic carbocycles. The van der Waals surface area contributed by atoms with Crippen LogP contribution in [0.2, 0.25) is 18.1 Å². The molecule has 0 fully saturated rings. The topological polar surface area (TPSA) is 46.5 Å². The van der Waals surface area contributed by atoms with E-state index in [1.165, 1.54) is 0 Å². The number of hydrogen-bond donors (Lipinski definition) is 1. The zero-order valence-corrected chi connectivity index (χ0v) is 12.8. The fraction of sp³-hybridized carbons (Fsp3) is 0.500. The molecule has 1 N–H and O–H groups in total. The Bertz CT molecular complexity index is 433. The van der Waals surface area contributed by atoms with Crippen LogP contribution >= 0.6 is 0 Å². The van der Waals surface area contributed by atoms with E-state index < -0.39 is 8.32 Å². The van der Waals surface area contributed by atoms with E-state index in [1.807, 2.05) is 19.2 Å². The summed E-state index contributed by atoms with van der Waals surface area (Å²) in [5, 5.41) is 9.36. The van der Waals surface area contributed by atoms with E-state index in [2.05, 4.69) is 20.8 Å². The molecule has 18 heavy (non-hydrogen) atoms. The van der Waals surface area contributed by atoms with Gasteiger partial charge in [-0.05, 0) is 35.8 Å². The number of aromatic hydroxyl groups is 1. The molecule has 0 saturated heterocycles. The van der Waals surface area contributed by atoms with Crippen molar-refractivity contribution in [2.24, 2.45) is 0 Å². The van der Waals surface area contributed by atoms with E-state index >= 15 is 0 Å². The van der Waals surface area contributed by atoms with Crippen LogP contribution < -0.4 is 0 Å². The van der Waals surface area contributed by atoms with Gasteiger partial charge in [-0.1, -0.05) is 32.9 Å². The van der Waals surface area contributed by atoms with Crippen molar-refractivity contribution in [1.82, 2.24) is 0 Å². The first-order valence-electron chi connectivity index (χ1n) is 6.11. The van der Waals surface area contributed by atoms with Crippen molar-refractivity contribution in [2.75, 3.05) is 0 Å². The second kappa shape index (κ2) is 5.14. The molecule has 0 saturated carbocycles. The summed E-state index contributed by atoms with van der Waals surface area (Å²) in [7, 11) is -2.05. The number of phenolic OH excluding ortho intramolecular Hbond substituents is 1. The number of hydrogen-bond acceptors (Lipinski definition) is 3. The highest BCUT2D eigenvalue weighted by atomic mass is 28.4. The Balaban J connectivity index is 2.68. The summed E-state index contributed by atoms with van der Waals surface area (Å²) in [4.78, 5) is 11.9. The summed E-state index contributed by atoms with van der Waals surface area (Å²) >= 11 is 0. The fourth-order valence-corrected chi connectivity index (χ4v) is 2.25. The van der Waals surface area contributed by atoms with Crippen LogP contribution in [0.4, 0.5) is 0 Å². The fourth-order valence-electron chi connectivity index (χ4n) is 1.31. The molecule has 0 amide bonds. The van der Waals surface area contributed by atoms with Crippen molar-refractivity contribution in [3.63, 3.8) is 0 Å². The summed E-state index contributed by atoms with van der Waals surface area (Å²) in [6, 6.07) is 6.71. The summed E-state index contributed by atoms with van der Waals surface area (Å²) in [6.45, 7) is 10.4. The van der Waals surface area contributed by atoms with Gasteiger partial charge in [0.2, 0.25) is 0 Å². The van der Waals surface area contributed by atoms with E-state index in [9.17, 15) is 9.90 Å². The van der Waals surface area contributed by atoms with Crippen LogP contribution in [0, 0.1) is 0 Å². The van der Waals surface area contributed by atoms with Crippen LogP contribution in [0.1, 0.15) is 26.3 Å². The van der Waals surface area contributed by atoms with E-state index in [-0.39, 0.29) is 23.2 Å². The number of carbonyl (C=O) groups excluding carboxylic acids is 1. The monoisotopic (exact) mass is 266 g/mol. The molecule has 1 rings (SSSR count). The van der Waals surface area contributed by atoms with Crippen molar-refractivity contribution in [1.29, 1.82) is 0 Å². The zero-order valence-electron chi connectivity index (χ0n) is 11.8. The van der Waals surface area contributed by atoms with E-state index in [1.54, 1.807) is 18.2 Å². The summed E-state index contributed by atoms with van der Waals surface area (Å²) in [5.74, 6) is -0.0418. The molecule has 0 atom stereocenters. The van der Waals surface area contributed by atoms with Gasteiger partial charge in [0, 0.05) is 0 Å². The molecule has 1 aromatic carbocycles. The largest absolute Gasteiger partial charge is 0.519 e. The van der Waals surface area contributed by atoms with Crippen LogP contribution in [-0.2, 0) is 15.6 Å². The molecule has 0 aromatic heterocycles. The first kappa shape index (κ1) is 14.8. The van der Waals surface area contributed by atoms with Gasteiger partial charge in [-0.15, -0.1) is 0 Å². The molecule has 0 aliphatic rings. The lowest BCUT2D eigenvalue weighted by molar-refractivity contribution is -0.134. The van der Waals surface area contributed by atoms with Gasteiger partial charge in [0.15, 0.2) is 0 Å². The highest BCUT2D eigenvalue weighted by Crippen LogP contribution is 2.36. The summed E-state index contributed by atoms with van der Waals surface area (Å²) in [5.41, 5.74) is 0.777. The second-order valence-electron chi connectivity index (χ2n) is 6.08. The quantitative estimate of drug-likeness (QED) is 0.852. The normalized spacial score (nSPS) is 12.3. The van der Waals surface area contributed by atoms with Crippen molar-refractivity contribution in [3.05, 3.63) is 29.8 Å². The van der Waals surface area contributed by atoms with Gasteiger partial charge in [-0.3, -0.25) is 4.79 Å². The Kier molecular flexibility index (Phi) is 4.22. The van der Waals surface area contributed by atoms with E-state index in [4.69, 9.17) is 4.43 Å². The zero-order chi connectivity index (χ0) is 14.0. The van der Waals surface area contributed by atoms with Crippen molar-refractivity contribution >= 4 is 14.3 Å². The lowest BCUT2D eigenvalue weighted by Gasteiger charge is -2.35. The van der Waals surface area contributed by atoms with Gasteiger partial charge in [-0.2, -0.15) is 0 Å². The minimum Gasteiger partial charge on any atom is -0.519 e. The highest BCUT2D eigenvalue weighted by Gasteiger charge is 2.40. The average Bonchev–Trinajstić information content (AvgIpc) is 2.14. The van der Waals surface area contributed by atoms with Crippen LogP contribution in [-0.4, -0.2) is 19.4 Å². The van der Waals surface area contributed by atoms with E-state index in [0.717, 1.165) is 5.56 Å². The SMILES string of the molecule is CC(C)(C)[Si](C)(C)OC(=O)Cc1cccc(O)c1. The molecule has 0 radical (unpaired) electrons. The molecular weight excluding hydrogens is 244 g/mol. The highest BCUT2D eigenvalue weighted by molar-refractivity contribution is 6.75. The number of phenols is 1. The maximum Gasteiger partial charge on any atom is 0.296 e. The smallest absolute Gasteiger partial charge is 0.296 e. The number of carbonyl (C=O) groups is 1. The third-order valence-electron chi connectivity index (χ3n) is 3.43. The minimum absolute atomic E-state index is 0.0154. The van der Waals surface area contributed by atoms with Crippen LogP contribution in [0.3, 0.4) is 0 Å². The molecule has 3 nitrogen and oxygen atoms in total. The lowest BCUT2D eigenvalue weighted by Crippen LogP contribution is -2.42. The molecule has 0 aliphatic heterocycles. The van der Waals surface area contributed by atoms with Gasteiger partial charge in [0.1, 0.15) is 5.75 Å². The van der Waals surface area contributed by atoms with Gasteiger partial charge in [-0.25, -0.2) is 0 Å². The molecule has 100 valence electrons. The van der Waals surface area contributed by atoms with Gasteiger partial charge >= 0.3 is 0 Å². The third-order valence-corrected chi connectivity index (χ3v) is 7.78. The maximum atomic E-state index is 11.9. The van der Waals surface area contributed by atoms with Gasteiger partial charge in [0.05, 0.1) is 6.42 Å². The van der Waals surface area contributed by atoms with Crippen LogP contribution in [0.15, 0.2) is 24.3 Å². The van der Waals surface area contributed by atoms with E-state index in [0.29, 0.717) is 0 Å². The Morgan fingerprint density at radius 3 is 2.44 bits per heavy atom. The van der Waals surface area contributed by atoms with Crippen molar-refractivity contribution < 1.29 is 14.3 Å². The third kappa shape index (κ3) is 3.87. The van der Waals surface area contributed by atoms with Crippen LogP contribution in [0.5, 0.6) is 5.75 Å². The Hall–Kier alpha value is -1.29. The van der Waals surface area contributed by atoms with Gasteiger partial charge in [0.25, 0.3) is 14.3 Å². The first-order chi connectivity index (χ1) is 8.12. The van der Waals surface area contributed by atoms with Gasteiger partial charge < -0.3 is 9.53 Å². The predicted molar refractivity (Wildman–Crippen MR) is 75.1 cm³/mol. The first-order valence-corrected chi connectivity index (χ1v) is 9.02. The number of rotatable bonds is 3. The predicted octanol–water partition coefficient (Wildman–Crippen LogP) is 3.48. The summed E-state index contributed by atoms with van der Waals surface area (Å²) < 4.78 is 5.66. The second-order valence-corrected chi connectivity index (χ2v) is 10.8. The lowest BCUT2D eigenvalue weighted by atomic mass is 10.1.